The Morgan fingerprint density at radius 1 is 1.12 bits per heavy atom. The number of para-hydroxylation sites is 1. The van der Waals surface area contributed by atoms with Crippen LogP contribution in [-0.4, -0.2) is 26.0 Å². The van der Waals surface area contributed by atoms with Gasteiger partial charge in [0.15, 0.2) is 0 Å². The summed E-state index contributed by atoms with van der Waals surface area (Å²) in [5.74, 6) is -1.05. The van der Waals surface area contributed by atoms with Crippen LogP contribution in [0.2, 0.25) is 0 Å². The lowest BCUT2D eigenvalue weighted by Gasteiger charge is -2.06. The van der Waals surface area contributed by atoms with Gasteiger partial charge in [-0.25, -0.2) is 9.78 Å². The van der Waals surface area contributed by atoms with Crippen LogP contribution < -0.4 is 0 Å². The molecule has 4 rings (SSSR count). The first-order chi connectivity index (χ1) is 12.0. The maximum atomic E-state index is 11.6. The van der Waals surface area contributed by atoms with Gasteiger partial charge in [0.2, 0.25) is 0 Å². The number of hydrogen-bond acceptors (Lipinski definition) is 4. The molecule has 2 heterocycles. The third-order valence-corrected chi connectivity index (χ3v) is 4.10. The second-order valence-corrected chi connectivity index (χ2v) is 5.57. The van der Waals surface area contributed by atoms with E-state index in [9.17, 15) is 20.0 Å². The van der Waals surface area contributed by atoms with Gasteiger partial charge in [-0.15, -0.1) is 0 Å². The first-order valence-corrected chi connectivity index (χ1v) is 7.43. The van der Waals surface area contributed by atoms with Crippen LogP contribution >= 0.6 is 0 Å². The lowest BCUT2D eigenvalue weighted by Crippen LogP contribution is -2.00. The molecule has 7 nitrogen and oxygen atoms in total. The average molecular weight is 333 g/mol. The maximum absolute atomic E-state index is 11.6. The summed E-state index contributed by atoms with van der Waals surface area (Å²) < 4.78 is 0. The van der Waals surface area contributed by atoms with Crippen LogP contribution in [0.25, 0.3) is 33.1 Å². The molecule has 0 fully saturated rings. The van der Waals surface area contributed by atoms with Crippen molar-refractivity contribution >= 4 is 33.5 Å². The molecule has 4 aromatic rings. The molecule has 0 unspecified atom stereocenters. The van der Waals surface area contributed by atoms with Gasteiger partial charge in [-0.05, 0) is 18.2 Å². The van der Waals surface area contributed by atoms with Crippen LogP contribution in [0.5, 0.6) is 0 Å². The van der Waals surface area contributed by atoms with Gasteiger partial charge in [0, 0.05) is 40.2 Å². The summed E-state index contributed by atoms with van der Waals surface area (Å²) in [6.45, 7) is 0. The molecule has 2 aromatic heterocycles. The molecular formula is C18H11N3O4. The van der Waals surface area contributed by atoms with Gasteiger partial charge >= 0.3 is 5.97 Å². The van der Waals surface area contributed by atoms with E-state index in [-0.39, 0.29) is 11.3 Å². The SMILES string of the molecule is O=C(O)c1cc(-c2c[nH]c3ccc([N+](=O)[O-])cc23)nc2ccccc12. The minimum Gasteiger partial charge on any atom is -0.478 e. The summed E-state index contributed by atoms with van der Waals surface area (Å²) >= 11 is 0. The smallest absolute Gasteiger partial charge is 0.336 e. The van der Waals surface area contributed by atoms with E-state index in [4.69, 9.17) is 0 Å². The van der Waals surface area contributed by atoms with Crippen molar-refractivity contribution < 1.29 is 14.8 Å². The molecule has 7 heteroatoms. The third kappa shape index (κ3) is 2.38. The van der Waals surface area contributed by atoms with Gasteiger partial charge in [-0.1, -0.05) is 18.2 Å². The highest BCUT2D eigenvalue weighted by molar-refractivity contribution is 6.05. The Bertz CT molecular complexity index is 1160. The Morgan fingerprint density at radius 3 is 2.68 bits per heavy atom. The zero-order valence-corrected chi connectivity index (χ0v) is 12.8. The van der Waals surface area contributed by atoms with E-state index in [2.05, 4.69) is 9.97 Å². The normalized spacial score (nSPS) is 11.0. The van der Waals surface area contributed by atoms with Gasteiger partial charge in [0.05, 0.1) is 21.7 Å². The van der Waals surface area contributed by atoms with Crippen LogP contribution in [0, 0.1) is 10.1 Å². The van der Waals surface area contributed by atoms with Crippen molar-refractivity contribution in [2.45, 2.75) is 0 Å². The second-order valence-electron chi connectivity index (χ2n) is 5.57. The van der Waals surface area contributed by atoms with Crippen LogP contribution in [0.4, 0.5) is 5.69 Å². The molecule has 122 valence electrons. The monoisotopic (exact) mass is 333 g/mol. The fourth-order valence-electron chi connectivity index (χ4n) is 2.92. The van der Waals surface area contributed by atoms with Gasteiger partial charge in [-0.3, -0.25) is 10.1 Å². The van der Waals surface area contributed by atoms with Crippen molar-refractivity contribution in [2.75, 3.05) is 0 Å². The molecule has 0 aliphatic heterocycles. The summed E-state index contributed by atoms with van der Waals surface area (Å²) in [5, 5.41) is 21.7. The first-order valence-electron chi connectivity index (χ1n) is 7.43. The zero-order chi connectivity index (χ0) is 17.6. The summed E-state index contributed by atoms with van der Waals surface area (Å²) in [4.78, 5) is 29.8. The van der Waals surface area contributed by atoms with Crippen LogP contribution in [0.3, 0.4) is 0 Å². The number of non-ortho nitro benzene ring substituents is 1. The van der Waals surface area contributed by atoms with Crippen molar-refractivity contribution in [2.24, 2.45) is 0 Å². The standard InChI is InChI=1S/C18H11N3O4/c22-18(23)13-8-17(20-16-4-2-1-3-11(13)16)14-9-19-15-6-5-10(21(24)25)7-12(14)15/h1-9,19H,(H,22,23). The van der Waals surface area contributed by atoms with E-state index in [1.165, 1.54) is 18.2 Å². The molecule has 25 heavy (non-hydrogen) atoms. The number of aromatic nitrogens is 2. The topological polar surface area (TPSA) is 109 Å². The number of rotatable bonds is 3. The average Bonchev–Trinajstić information content (AvgIpc) is 3.03. The quantitative estimate of drug-likeness (QED) is 0.435. The number of nitro benzene ring substituents is 1. The number of nitrogens with zero attached hydrogens (tertiary/aromatic N) is 2. The Hall–Kier alpha value is -3.74. The van der Waals surface area contributed by atoms with Crippen LogP contribution in [0.1, 0.15) is 10.4 Å². The summed E-state index contributed by atoms with van der Waals surface area (Å²) in [6, 6.07) is 13.0. The van der Waals surface area contributed by atoms with Crippen molar-refractivity contribution in [3.63, 3.8) is 0 Å². The number of fused-ring (bicyclic) bond motifs is 2. The summed E-state index contributed by atoms with van der Waals surface area (Å²) in [5.41, 5.74) is 2.44. The van der Waals surface area contributed by atoms with Crippen molar-refractivity contribution in [1.82, 2.24) is 9.97 Å². The van der Waals surface area contributed by atoms with E-state index in [1.807, 2.05) is 0 Å². The Kier molecular flexibility index (Phi) is 3.21. The number of carboxylic acids is 1. The van der Waals surface area contributed by atoms with Gasteiger partial charge in [0.25, 0.3) is 5.69 Å². The van der Waals surface area contributed by atoms with Crippen molar-refractivity contribution in [3.8, 4) is 11.3 Å². The van der Waals surface area contributed by atoms with E-state index >= 15 is 0 Å². The number of H-pyrrole nitrogens is 1. The number of nitrogens with one attached hydrogen (secondary N) is 1. The Balaban J connectivity index is 2.01. The molecule has 0 saturated heterocycles. The molecule has 0 aliphatic rings. The summed E-state index contributed by atoms with van der Waals surface area (Å²) in [6.07, 6.45) is 1.68. The molecule has 0 radical (unpaired) electrons. The first kappa shape index (κ1) is 14.8. The van der Waals surface area contributed by atoms with E-state index < -0.39 is 10.9 Å². The predicted octanol–water partition coefficient (Wildman–Crippen LogP) is 3.99. The summed E-state index contributed by atoms with van der Waals surface area (Å²) in [7, 11) is 0. The van der Waals surface area contributed by atoms with Crippen molar-refractivity contribution in [3.05, 3.63) is 70.4 Å². The zero-order valence-electron chi connectivity index (χ0n) is 12.8. The lowest BCUT2D eigenvalue weighted by atomic mass is 10.0. The predicted molar refractivity (Wildman–Crippen MR) is 92.6 cm³/mol. The minimum absolute atomic E-state index is 0.0346. The van der Waals surface area contributed by atoms with Gasteiger partial charge in [-0.2, -0.15) is 0 Å². The number of aromatic carboxylic acids is 1. The van der Waals surface area contributed by atoms with E-state index in [1.54, 1.807) is 36.5 Å². The molecule has 0 spiro atoms. The largest absolute Gasteiger partial charge is 0.478 e. The molecule has 0 aliphatic carbocycles. The van der Waals surface area contributed by atoms with Gasteiger partial charge < -0.3 is 10.1 Å². The highest BCUT2D eigenvalue weighted by atomic mass is 16.6. The van der Waals surface area contributed by atoms with Crippen molar-refractivity contribution in [1.29, 1.82) is 0 Å². The van der Waals surface area contributed by atoms with Crippen LogP contribution in [-0.2, 0) is 0 Å². The fourth-order valence-corrected chi connectivity index (χ4v) is 2.92. The minimum atomic E-state index is -1.05. The Morgan fingerprint density at radius 2 is 1.92 bits per heavy atom. The lowest BCUT2D eigenvalue weighted by molar-refractivity contribution is -0.384. The second kappa shape index (κ2) is 5.41. The fraction of sp³-hybridized carbons (Fsp3) is 0. The van der Waals surface area contributed by atoms with Crippen LogP contribution in [0.15, 0.2) is 54.7 Å². The van der Waals surface area contributed by atoms with E-state index in [0.717, 1.165) is 0 Å². The molecule has 2 N–H and O–H groups in total. The molecule has 0 atom stereocenters. The highest BCUT2D eigenvalue weighted by Gasteiger charge is 2.16. The van der Waals surface area contributed by atoms with E-state index in [0.29, 0.717) is 33.1 Å². The molecule has 0 saturated carbocycles. The number of pyridine rings is 1. The number of carboxylic acid groups (broad SMARTS) is 1. The number of aromatic amines is 1. The molecular weight excluding hydrogens is 322 g/mol. The molecule has 2 aromatic carbocycles. The third-order valence-electron chi connectivity index (χ3n) is 4.10. The van der Waals surface area contributed by atoms with Gasteiger partial charge in [0.1, 0.15) is 0 Å². The number of benzene rings is 2. The molecule has 0 amide bonds. The molecule has 0 bridgehead atoms. The maximum Gasteiger partial charge on any atom is 0.336 e. The number of carbonyl (C=O) groups is 1. The number of hydrogen-bond donors (Lipinski definition) is 2. The number of nitro groups is 1. The Labute approximate surface area is 140 Å². The highest BCUT2D eigenvalue weighted by Crippen LogP contribution is 2.32.